The van der Waals surface area contributed by atoms with Gasteiger partial charge in [-0.05, 0) is 66.1 Å². The summed E-state index contributed by atoms with van der Waals surface area (Å²) in [6.45, 7) is 7.01. The highest BCUT2D eigenvalue weighted by Gasteiger charge is 2.55. The van der Waals surface area contributed by atoms with Crippen LogP contribution in [-0.4, -0.2) is 57.8 Å². The van der Waals surface area contributed by atoms with Gasteiger partial charge in [0, 0.05) is 43.9 Å². The zero-order chi connectivity index (χ0) is 26.9. The van der Waals surface area contributed by atoms with E-state index in [1.165, 1.54) is 12.1 Å². The van der Waals surface area contributed by atoms with Crippen LogP contribution in [-0.2, 0) is 13.1 Å². The number of fused-ring (bicyclic) bond motifs is 1. The van der Waals surface area contributed by atoms with Crippen molar-refractivity contribution in [1.82, 2.24) is 19.4 Å². The molecule has 2 fully saturated rings. The number of alkyl halides is 3. The van der Waals surface area contributed by atoms with Gasteiger partial charge >= 0.3 is 6.36 Å². The van der Waals surface area contributed by atoms with Crippen LogP contribution in [0.5, 0.6) is 5.75 Å². The molecule has 1 aromatic heterocycles. The smallest absolute Gasteiger partial charge is 0.406 e. The third kappa shape index (κ3) is 6.50. The van der Waals surface area contributed by atoms with Crippen LogP contribution >= 0.6 is 11.6 Å². The Hall–Kier alpha value is -3.04. The van der Waals surface area contributed by atoms with Gasteiger partial charge < -0.3 is 19.1 Å². The topological polar surface area (TPSA) is 50.6 Å². The molecule has 0 bridgehead atoms. The highest BCUT2D eigenvalue weighted by molar-refractivity contribution is 6.30. The molecule has 2 aliphatic rings. The maximum absolute atomic E-state index is 13.6. The zero-order valence-corrected chi connectivity index (χ0v) is 21.8. The minimum Gasteiger partial charge on any atom is -0.406 e. The standard InChI is InChI=1S/C28H30ClF3N4O2/c1-2-10-34-14-23-24(15-34)25(23)16-36(13-20-4-3-5-21(29)11-20)27(37)26-17-35(18-33-26)12-19-6-8-22(9-7-19)38-28(30,31)32/h3-9,11,17-18,23-25H,2,10,12-16H2,1H3. The van der Waals surface area contributed by atoms with Gasteiger partial charge in [-0.25, -0.2) is 4.98 Å². The Kier molecular flexibility index (Phi) is 7.68. The number of amides is 1. The average Bonchev–Trinajstić information content (AvgIpc) is 3.18. The summed E-state index contributed by atoms with van der Waals surface area (Å²) in [6.07, 6.45) is -0.326. The Morgan fingerprint density at radius 3 is 2.53 bits per heavy atom. The summed E-state index contributed by atoms with van der Waals surface area (Å²) >= 11 is 6.20. The molecule has 0 N–H and O–H groups in total. The summed E-state index contributed by atoms with van der Waals surface area (Å²) < 4.78 is 42.9. The number of aromatic nitrogens is 2. The van der Waals surface area contributed by atoms with Crippen LogP contribution < -0.4 is 4.74 Å². The first-order chi connectivity index (χ1) is 18.2. The minimum atomic E-state index is -4.73. The number of hydrogen-bond donors (Lipinski definition) is 0. The number of likely N-dealkylation sites (tertiary alicyclic amines) is 1. The SMILES string of the molecule is CCCN1CC2C(C1)C2CN(Cc1cccc(Cl)c1)C(=O)c1cn(Cc2ccc(OC(F)(F)F)cc2)cn1. The van der Waals surface area contributed by atoms with Crippen molar-refractivity contribution in [2.24, 2.45) is 17.8 Å². The number of halogens is 4. The molecule has 1 amide bonds. The third-order valence-electron chi connectivity index (χ3n) is 7.34. The average molecular weight is 547 g/mol. The van der Waals surface area contributed by atoms with E-state index in [-0.39, 0.29) is 11.7 Å². The maximum Gasteiger partial charge on any atom is 0.573 e. The monoisotopic (exact) mass is 546 g/mol. The molecule has 1 aliphatic carbocycles. The van der Waals surface area contributed by atoms with Gasteiger partial charge in [0.15, 0.2) is 0 Å². The van der Waals surface area contributed by atoms with Crippen molar-refractivity contribution in [2.75, 3.05) is 26.2 Å². The second-order valence-electron chi connectivity index (χ2n) is 10.2. The van der Waals surface area contributed by atoms with Gasteiger partial charge in [-0.15, -0.1) is 13.2 Å². The van der Waals surface area contributed by atoms with Gasteiger partial charge in [0.25, 0.3) is 5.91 Å². The lowest BCUT2D eigenvalue weighted by Crippen LogP contribution is -2.35. The molecule has 38 heavy (non-hydrogen) atoms. The van der Waals surface area contributed by atoms with E-state index in [1.807, 2.05) is 29.2 Å². The Balaban J connectivity index is 1.26. The molecule has 1 aliphatic heterocycles. The summed E-state index contributed by atoms with van der Waals surface area (Å²) in [4.78, 5) is 22.4. The Morgan fingerprint density at radius 2 is 1.87 bits per heavy atom. The van der Waals surface area contributed by atoms with Crippen LogP contribution in [0.4, 0.5) is 13.2 Å². The van der Waals surface area contributed by atoms with E-state index in [4.69, 9.17) is 11.6 Å². The first-order valence-corrected chi connectivity index (χ1v) is 13.2. The highest BCUT2D eigenvalue weighted by atomic mass is 35.5. The number of imidazole rings is 1. The molecule has 1 saturated heterocycles. The second-order valence-corrected chi connectivity index (χ2v) is 10.6. The van der Waals surface area contributed by atoms with Crippen LogP contribution in [0.2, 0.25) is 5.02 Å². The number of rotatable bonds is 10. The predicted octanol–water partition coefficient (Wildman–Crippen LogP) is 5.71. The van der Waals surface area contributed by atoms with E-state index >= 15 is 0 Å². The fraction of sp³-hybridized carbons (Fsp3) is 0.429. The van der Waals surface area contributed by atoms with Crippen LogP contribution in [0.1, 0.15) is 35.0 Å². The molecule has 2 atom stereocenters. The van der Waals surface area contributed by atoms with E-state index < -0.39 is 6.36 Å². The van der Waals surface area contributed by atoms with Crippen molar-refractivity contribution >= 4 is 17.5 Å². The van der Waals surface area contributed by atoms with Gasteiger partial charge in [0.1, 0.15) is 11.4 Å². The van der Waals surface area contributed by atoms with Crippen molar-refractivity contribution in [1.29, 1.82) is 0 Å². The molecule has 2 heterocycles. The van der Waals surface area contributed by atoms with Crippen molar-refractivity contribution in [2.45, 2.75) is 32.8 Å². The van der Waals surface area contributed by atoms with Gasteiger partial charge in [-0.1, -0.05) is 42.8 Å². The summed E-state index contributed by atoms with van der Waals surface area (Å²) in [6, 6.07) is 13.2. The minimum absolute atomic E-state index is 0.145. The molecule has 1 saturated carbocycles. The summed E-state index contributed by atoms with van der Waals surface area (Å²) in [5, 5.41) is 0.629. The predicted molar refractivity (Wildman–Crippen MR) is 138 cm³/mol. The largest absolute Gasteiger partial charge is 0.573 e. The van der Waals surface area contributed by atoms with Gasteiger partial charge in [-0.2, -0.15) is 0 Å². The molecule has 0 spiro atoms. The van der Waals surface area contributed by atoms with Crippen LogP contribution in [0.3, 0.4) is 0 Å². The molecule has 6 nitrogen and oxygen atoms in total. The highest BCUT2D eigenvalue weighted by Crippen LogP contribution is 2.52. The number of carbonyl (C=O) groups is 1. The van der Waals surface area contributed by atoms with E-state index in [1.54, 1.807) is 29.2 Å². The molecule has 10 heteroatoms. The summed E-state index contributed by atoms with van der Waals surface area (Å²) in [5.74, 6) is 1.34. The number of benzene rings is 2. The Labute approximate surface area is 225 Å². The first-order valence-electron chi connectivity index (χ1n) is 12.8. The van der Waals surface area contributed by atoms with Gasteiger partial charge in [0.2, 0.25) is 0 Å². The number of carbonyl (C=O) groups excluding carboxylic acids is 1. The van der Waals surface area contributed by atoms with Crippen molar-refractivity contribution in [3.8, 4) is 5.75 Å². The number of piperidine rings is 1. The van der Waals surface area contributed by atoms with Gasteiger partial charge in [-0.3, -0.25) is 4.79 Å². The van der Waals surface area contributed by atoms with Gasteiger partial charge in [0.05, 0.1) is 6.33 Å². The van der Waals surface area contributed by atoms with E-state index in [2.05, 4.69) is 21.5 Å². The van der Waals surface area contributed by atoms with E-state index in [9.17, 15) is 18.0 Å². The zero-order valence-electron chi connectivity index (χ0n) is 21.1. The molecule has 2 aromatic carbocycles. The van der Waals surface area contributed by atoms with E-state index in [0.29, 0.717) is 48.1 Å². The lowest BCUT2D eigenvalue weighted by atomic mass is 10.1. The summed E-state index contributed by atoms with van der Waals surface area (Å²) in [7, 11) is 0. The normalized spacial score (nSPS) is 20.8. The molecule has 2 unspecified atom stereocenters. The Morgan fingerprint density at radius 1 is 1.13 bits per heavy atom. The van der Waals surface area contributed by atoms with Crippen molar-refractivity contribution < 1.29 is 22.7 Å². The molecule has 0 radical (unpaired) electrons. The molecular weight excluding hydrogens is 517 g/mol. The van der Waals surface area contributed by atoms with Crippen LogP contribution in [0.15, 0.2) is 61.1 Å². The first kappa shape index (κ1) is 26.6. The second kappa shape index (κ2) is 11.0. The van der Waals surface area contributed by atoms with Crippen LogP contribution in [0.25, 0.3) is 0 Å². The lowest BCUT2D eigenvalue weighted by Gasteiger charge is -2.25. The quantitative estimate of drug-likeness (QED) is 0.327. The fourth-order valence-electron chi connectivity index (χ4n) is 5.56. The lowest BCUT2D eigenvalue weighted by molar-refractivity contribution is -0.274. The molecule has 5 rings (SSSR count). The number of nitrogens with zero attached hydrogens (tertiary/aromatic N) is 4. The third-order valence-corrected chi connectivity index (χ3v) is 7.58. The summed E-state index contributed by atoms with van der Waals surface area (Å²) in [5.41, 5.74) is 2.06. The molecule has 3 aromatic rings. The maximum atomic E-state index is 13.6. The van der Waals surface area contributed by atoms with Crippen molar-refractivity contribution in [3.05, 3.63) is 82.9 Å². The van der Waals surface area contributed by atoms with Crippen molar-refractivity contribution in [3.63, 3.8) is 0 Å². The van der Waals surface area contributed by atoms with E-state index in [0.717, 1.165) is 37.2 Å². The number of hydrogen-bond acceptors (Lipinski definition) is 4. The fourth-order valence-corrected chi connectivity index (χ4v) is 5.78. The molecular formula is C28H30ClF3N4O2. The Bertz CT molecular complexity index is 1250. The number of ether oxygens (including phenoxy) is 1. The van der Waals surface area contributed by atoms with Crippen LogP contribution in [0, 0.1) is 17.8 Å². The molecule has 202 valence electrons.